The third-order valence-corrected chi connectivity index (χ3v) is 5.55. The van der Waals surface area contributed by atoms with Gasteiger partial charge in [0.1, 0.15) is 6.04 Å². The average Bonchev–Trinajstić information content (AvgIpc) is 3.37. The van der Waals surface area contributed by atoms with Crippen LogP contribution in [0.3, 0.4) is 0 Å². The first-order chi connectivity index (χ1) is 12.3. The third kappa shape index (κ3) is 3.47. The van der Waals surface area contributed by atoms with Crippen molar-refractivity contribution in [2.75, 3.05) is 26.2 Å². The van der Waals surface area contributed by atoms with E-state index in [4.69, 9.17) is 0 Å². The quantitative estimate of drug-likeness (QED) is 0.932. The Morgan fingerprint density at radius 3 is 2.60 bits per heavy atom. The van der Waals surface area contributed by atoms with E-state index in [1.807, 2.05) is 24.4 Å². The summed E-state index contributed by atoms with van der Waals surface area (Å²) in [4.78, 5) is 17.7. The second-order valence-corrected chi connectivity index (χ2v) is 7.19. The maximum absolute atomic E-state index is 13.3. The zero-order chi connectivity index (χ0) is 17.1. The Bertz CT molecular complexity index is 679. The lowest BCUT2D eigenvalue weighted by atomic mass is 9.92. The summed E-state index contributed by atoms with van der Waals surface area (Å²) in [6.45, 7) is 3.69. The zero-order valence-electron chi connectivity index (χ0n) is 14.6. The fourth-order valence-corrected chi connectivity index (χ4v) is 4.24. The first-order valence-electron chi connectivity index (χ1n) is 9.40. The number of benzene rings is 1. The number of likely N-dealkylation sites (tertiary alicyclic amines) is 2. The van der Waals surface area contributed by atoms with Gasteiger partial charge in [-0.15, -0.1) is 0 Å². The van der Waals surface area contributed by atoms with E-state index in [1.165, 1.54) is 5.69 Å². The molecule has 25 heavy (non-hydrogen) atoms. The van der Waals surface area contributed by atoms with E-state index < -0.39 is 0 Å². The van der Waals surface area contributed by atoms with E-state index in [0.717, 1.165) is 57.4 Å². The predicted molar refractivity (Wildman–Crippen MR) is 97.1 cm³/mol. The largest absolute Gasteiger partial charge is 0.341 e. The average molecular weight is 338 g/mol. The van der Waals surface area contributed by atoms with Crippen molar-refractivity contribution in [1.29, 1.82) is 0 Å². The molecule has 1 amide bonds. The fourth-order valence-electron chi connectivity index (χ4n) is 4.24. The number of carbonyl (C=O) groups excluding carboxylic acids is 1. The number of H-pyrrole nitrogens is 1. The maximum atomic E-state index is 13.3. The molecule has 0 unspecified atom stereocenters. The monoisotopic (exact) mass is 338 g/mol. The molecule has 1 aromatic carbocycles. The highest BCUT2D eigenvalue weighted by atomic mass is 16.2. The number of aromatic nitrogens is 2. The van der Waals surface area contributed by atoms with Crippen molar-refractivity contribution in [1.82, 2.24) is 20.0 Å². The molecule has 0 bridgehead atoms. The lowest BCUT2D eigenvalue weighted by Gasteiger charge is -2.38. The van der Waals surface area contributed by atoms with Gasteiger partial charge in [0.2, 0.25) is 5.91 Å². The van der Waals surface area contributed by atoms with Crippen LogP contribution in [-0.4, -0.2) is 52.1 Å². The molecular weight excluding hydrogens is 312 g/mol. The van der Waals surface area contributed by atoms with Gasteiger partial charge in [-0.3, -0.25) is 14.8 Å². The number of carbonyl (C=O) groups is 1. The summed E-state index contributed by atoms with van der Waals surface area (Å²) in [5.41, 5.74) is 2.30. The minimum Gasteiger partial charge on any atom is -0.341 e. The minimum atomic E-state index is -0.162. The Morgan fingerprint density at radius 1 is 1.08 bits per heavy atom. The van der Waals surface area contributed by atoms with Crippen LogP contribution in [0.5, 0.6) is 0 Å². The Morgan fingerprint density at radius 2 is 1.88 bits per heavy atom. The molecule has 0 spiro atoms. The molecule has 2 aliphatic heterocycles. The standard InChI is InChI=1S/C20H26N4O/c25-20(23-12-4-5-13-23)19(16-7-2-1-3-8-16)24-14-6-9-17(15-24)18-10-11-21-22-18/h1-3,7-8,10-11,17,19H,4-6,9,12-15H2,(H,21,22)/t17-,19-/m0/s1. The van der Waals surface area contributed by atoms with Gasteiger partial charge in [-0.1, -0.05) is 30.3 Å². The zero-order valence-corrected chi connectivity index (χ0v) is 14.6. The van der Waals surface area contributed by atoms with E-state index in [1.54, 1.807) is 0 Å². The van der Waals surface area contributed by atoms with Crippen LogP contribution >= 0.6 is 0 Å². The van der Waals surface area contributed by atoms with Crippen molar-refractivity contribution < 1.29 is 4.79 Å². The molecule has 5 nitrogen and oxygen atoms in total. The Labute approximate surface area is 149 Å². The number of rotatable bonds is 4. The summed E-state index contributed by atoms with van der Waals surface area (Å²) in [5.74, 6) is 0.697. The van der Waals surface area contributed by atoms with Gasteiger partial charge in [-0.25, -0.2) is 0 Å². The summed E-state index contributed by atoms with van der Waals surface area (Å²) in [6, 6.07) is 12.2. The molecular formula is C20H26N4O. The van der Waals surface area contributed by atoms with Gasteiger partial charge in [0, 0.05) is 37.4 Å². The van der Waals surface area contributed by atoms with E-state index in [9.17, 15) is 4.79 Å². The minimum absolute atomic E-state index is 0.162. The summed E-state index contributed by atoms with van der Waals surface area (Å²) < 4.78 is 0. The Kier molecular flexibility index (Phi) is 4.83. The Balaban J connectivity index is 1.59. The van der Waals surface area contributed by atoms with E-state index in [-0.39, 0.29) is 11.9 Å². The van der Waals surface area contributed by atoms with Crippen LogP contribution in [0, 0.1) is 0 Å². The molecule has 5 heteroatoms. The van der Waals surface area contributed by atoms with Crippen molar-refractivity contribution in [3.63, 3.8) is 0 Å². The number of nitrogens with one attached hydrogen (secondary N) is 1. The molecule has 0 aliphatic carbocycles. The molecule has 1 aromatic heterocycles. The number of piperidine rings is 1. The maximum Gasteiger partial charge on any atom is 0.244 e. The van der Waals surface area contributed by atoms with Crippen LogP contribution in [0.25, 0.3) is 0 Å². The first-order valence-corrected chi connectivity index (χ1v) is 9.40. The number of amides is 1. The van der Waals surface area contributed by atoms with Crippen molar-refractivity contribution in [3.8, 4) is 0 Å². The predicted octanol–water partition coefficient (Wildman–Crippen LogP) is 2.95. The van der Waals surface area contributed by atoms with E-state index >= 15 is 0 Å². The van der Waals surface area contributed by atoms with Gasteiger partial charge in [-0.05, 0) is 43.9 Å². The second-order valence-electron chi connectivity index (χ2n) is 7.19. The van der Waals surface area contributed by atoms with Crippen LogP contribution in [0.15, 0.2) is 42.6 Å². The first kappa shape index (κ1) is 16.3. The lowest BCUT2D eigenvalue weighted by Crippen LogP contribution is -2.45. The van der Waals surface area contributed by atoms with Gasteiger partial charge in [0.15, 0.2) is 0 Å². The highest BCUT2D eigenvalue weighted by Gasteiger charge is 2.35. The summed E-state index contributed by atoms with van der Waals surface area (Å²) in [5, 5.41) is 7.22. The van der Waals surface area contributed by atoms with Crippen LogP contribution in [0.1, 0.15) is 48.9 Å². The van der Waals surface area contributed by atoms with Gasteiger partial charge in [0.25, 0.3) is 0 Å². The second kappa shape index (κ2) is 7.40. The van der Waals surface area contributed by atoms with Crippen LogP contribution < -0.4 is 0 Å². The molecule has 2 atom stereocenters. The van der Waals surface area contributed by atoms with Crippen molar-refractivity contribution in [3.05, 3.63) is 53.9 Å². The highest BCUT2D eigenvalue weighted by molar-refractivity contribution is 5.83. The molecule has 1 N–H and O–H groups in total. The number of hydrogen-bond donors (Lipinski definition) is 1. The SMILES string of the molecule is O=C([C@H](c1ccccc1)N1CCC[C@H](c2ccn[nH]2)C1)N1CCCC1. The highest BCUT2D eigenvalue weighted by Crippen LogP contribution is 2.33. The molecule has 0 saturated carbocycles. The lowest BCUT2D eigenvalue weighted by molar-refractivity contribution is -0.136. The molecule has 2 aliphatic rings. The summed E-state index contributed by atoms with van der Waals surface area (Å²) in [7, 11) is 0. The molecule has 4 rings (SSSR count). The van der Waals surface area contributed by atoms with Crippen molar-refractivity contribution in [2.24, 2.45) is 0 Å². The topological polar surface area (TPSA) is 52.2 Å². The van der Waals surface area contributed by atoms with Crippen molar-refractivity contribution >= 4 is 5.91 Å². The number of hydrogen-bond acceptors (Lipinski definition) is 3. The van der Waals surface area contributed by atoms with Gasteiger partial charge < -0.3 is 4.90 Å². The molecule has 2 aromatic rings. The van der Waals surface area contributed by atoms with Crippen LogP contribution in [0.4, 0.5) is 0 Å². The molecule has 2 fully saturated rings. The van der Waals surface area contributed by atoms with E-state index in [0.29, 0.717) is 5.92 Å². The molecule has 2 saturated heterocycles. The molecule has 3 heterocycles. The Hall–Kier alpha value is -2.14. The van der Waals surface area contributed by atoms with Gasteiger partial charge in [0.05, 0.1) is 0 Å². The number of aromatic amines is 1. The smallest absolute Gasteiger partial charge is 0.244 e. The van der Waals surface area contributed by atoms with Gasteiger partial charge in [-0.2, -0.15) is 5.10 Å². The fraction of sp³-hybridized carbons (Fsp3) is 0.500. The molecule has 132 valence electrons. The van der Waals surface area contributed by atoms with E-state index in [2.05, 4.69) is 38.2 Å². The van der Waals surface area contributed by atoms with Crippen molar-refractivity contribution in [2.45, 2.75) is 37.6 Å². The number of nitrogens with zero attached hydrogens (tertiary/aromatic N) is 3. The van der Waals surface area contributed by atoms with Gasteiger partial charge >= 0.3 is 0 Å². The normalized spacial score (nSPS) is 22.9. The van der Waals surface area contributed by atoms with Crippen LogP contribution in [-0.2, 0) is 4.79 Å². The van der Waals surface area contributed by atoms with Crippen LogP contribution in [0.2, 0.25) is 0 Å². The summed E-state index contributed by atoms with van der Waals surface area (Å²) >= 11 is 0. The third-order valence-electron chi connectivity index (χ3n) is 5.55. The molecule has 0 radical (unpaired) electrons. The summed E-state index contributed by atoms with van der Waals surface area (Å²) in [6.07, 6.45) is 6.34.